The van der Waals surface area contributed by atoms with Gasteiger partial charge in [-0.25, -0.2) is 4.98 Å². The molecular weight excluding hydrogens is 370 g/mol. The molecule has 1 aliphatic heterocycles. The van der Waals surface area contributed by atoms with Crippen molar-refractivity contribution >= 4 is 38.3 Å². The summed E-state index contributed by atoms with van der Waals surface area (Å²) in [6.45, 7) is 5.80. The Hall–Kier alpha value is -2.60. The highest BCUT2D eigenvalue weighted by Gasteiger charge is 2.26. The van der Waals surface area contributed by atoms with Gasteiger partial charge >= 0.3 is 0 Å². The third kappa shape index (κ3) is 3.83. The first-order valence-corrected chi connectivity index (χ1v) is 10.4. The predicted molar refractivity (Wildman–Crippen MR) is 116 cm³/mol. The molecule has 0 aliphatic carbocycles. The lowest BCUT2D eigenvalue weighted by molar-refractivity contribution is -0.120. The van der Waals surface area contributed by atoms with Crippen LogP contribution in [-0.4, -0.2) is 31.1 Å². The van der Waals surface area contributed by atoms with Crippen LogP contribution in [0.1, 0.15) is 24.0 Å². The van der Waals surface area contributed by atoms with Gasteiger partial charge in [0.1, 0.15) is 5.75 Å². The molecule has 1 fully saturated rings. The summed E-state index contributed by atoms with van der Waals surface area (Å²) in [4.78, 5) is 19.8. The molecule has 0 bridgehead atoms. The number of ether oxygens (including phenoxy) is 1. The molecule has 1 aliphatic rings. The normalized spacial score (nSPS) is 15.0. The van der Waals surface area contributed by atoms with E-state index in [0.717, 1.165) is 58.3 Å². The van der Waals surface area contributed by atoms with Crippen LogP contribution >= 0.6 is 11.3 Å². The Bertz CT molecular complexity index is 1010. The van der Waals surface area contributed by atoms with E-state index in [2.05, 4.69) is 23.2 Å². The Labute approximate surface area is 169 Å². The van der Waals surface area contributed by atoms with Crippen molar-refractivity contribution < 1.29 is 9.53 Å². The molecule has 1 saturated heterocycles. The molecule has 0 unspecified atom stereocenters. The fourth-order valence-corrected chi connectivity index (χ4v) is 4.72. The van der Waals surface area contributed by atoms with Crippen molar-refractivity contribution in [1.29, 1.82) is 0 Å². The fourth-order valence-electron chi connectivity index (χ4n) is 3.68. The molecule has 1 N–H and O–H groups in total. The maximum Gasteiger partial charge on any atom is 0.227 e. The van der Waals surface area contributed by atoms with Crippen molar-refractivity contribution in [3.63, 3.8) is 0 Å². The van der Waals surface area contributed by atoms with E-state index in [4.69, 9.17) is 9.72 Å². The minimum atomic E-state index is 0.0476. The Morgan fingerprint density at radius 1 is 1.18 bits per heavy atom. The lowest BCUT2D eigenvalue weighted by Gasteiger charge is -2.31. The third-order valence-electron chi connectivity index (χ3n) is 5.36. The summed E-state index contributed by atoms with van der Waals surface area (Å²) < 4.78 is 6.43. The monoisotopic (exact) mass is 395 g/mol. The Kier molecular flexibility index (Phi) is 5.22. The molecule has 3 aromatic rings. The van der Waals surface area contributed by atoms with Crippen molar-refractivity contribution in [2.24, 2.45) is 5.92 Å². The second-order valence-corrected chi connectivity index (χ2v) is 8.41. The van der Waals surface area contributed by atoms with E-state index in [1.165, 1.54) is 5.56 Å². The smallest absolute Gasteiger partial charge is 0.227 e. The highest BCUT2D eigenvalue weighted by Crippen LogP contribution is 2.33. The number of piperidine rings is 1. The molecular formula is C22H25N3O2S. The van der Waals surface area contributed by atoms with Crippen LogP contribution in [-0.2, 0) is 4.79 Å². The van der Waals surface area contributed by atoms with Gasteiger partial charge in [0.25, 0.3) is 0 Å². The number of anilines is 2. The minimum absolute atomic E-state index is 0.0476. The first-order chi connectivity index (χ1) is 13.5. The van der Waals surface area contributed by atoms with Crippen LogP contribution < -0.4 is 15.0 Å². The van der Waals surface area contributed by atoms with Crippen LogP contribution in [0.4, 0.5) is 10.8 Å². The molecule has 0 saturated carbocycles. The van der Waals surface area contributed by atoms with Crippen molar-refractivity contribution in [3.05, 3.63) is 47.5 Å². The first kappa shape index (κ1) is 18.7. The zero-order chi connectivity index (χ0) is 19.7. The lowest BCUT2D eigenvalue weighted by Crippen LogP contribution is -2.38. The lowest BCUT2D eigenvalue weighted by atomic mass is 9.96. The van der Waals surface area contributed by atoms with Crippen molar-refractivity contribution in [1.82, 2.24) is 4.98 Å². The largest absolute Gasteiger partial charge is 0.497 e. The van der Waals surface area contributed by atoms with Crippen LogP contribution in [0.2, 0.25) is 0 Å². The number of hydrogen-bond acceptors (Lipinski definition) is 5. The van der Waals surface area contributed by atoms with E-state index < -0.39 is 0 Å². The molecule has 0 radical (unpaired) electrons. The summed E-state index contributed by atoms with van der Waals surface area (Å²) in [5.74, 6) is 1.02. The summed E-state index contributed by atoms with van der Waals surface area (Å²) in [5, 5.41) is 4.14. The SMILES string of the molecule is COc1ccc2nc(N3CCC(C(=O)Nc4ccc(C)cc4C)CC3)sc2c1. The van der Waals surface area contributed by atoms with Crippen molar-refractivity contribution in [3.8, 4) is 5.75 Å². The number of amides is 1. The number of thiazole rings is 1. The quantitative estimate of drug-likeness (QED) is 0.691. The molecule has 2 aromatic carbocycles. The van der Waals surface area contributed by atoms with Crippen LogP contribution in [0.5, 0.6) is 5.75 Å². The van der Waals surface area contributed by atoms with E-state index in [-0.39, 0.29) is 11.8 Å². The van der Waals surface area contributed by atoms with Gasteiger partial charge in [-0.15, -0.1) is 0 Å². The zero-order valence-electron chi connectivity index (χ0n) is 16.5. The molecule has 0 atom stereocenters. The predicted octanol–water partition coefficient (Wildman–Crippen LogP) is 4.78. The molecule has 1 aromatic heterocycles. The number of rotatable bonds is 4. The number of nitrogens with one attached hydrogen (secondary N) is 1. The van der Waals surface area contributed by atoms with Crippen LogP contribution in [0.3, 0.4) is 0 Å². The molecule has 2 heterocycles. The Balaban J connectivity index is 1.39. The average molecular weight is 396 g/mol. The number of aromatic nitrogens is 1. The Morgan fingerprint density at radius 2 is 1.96 bits per heavy atom. The van der Waals surface area contributed by atoms with E-state index in [1.807, 2.05) is 37.3 Å². The van der Waals surface area contributed by atoms with E-state index in [9.17, 15) is 4.79 Å². The van der Waals surface area contributed by atoms with Gasteiger partial charge < -0.3 is 15.0 Å². The third-order valence-corrected chi connectivity index (χ3v) is 6.44. The van der Waals surface area contributed by atoms with Gasteiger partial charge in [0.2, 0.25) is 5.91 Å². The van der Waals surface area contributed by atoms with Gasteiger partial charge in [-0.1, -0.05) is 29.0 Å². The summed E-state index contributed by atoms with van der Waals surface area (Å²) in [6.07, 6.45) is 1.69. The molecule has 1 amide bonds. The number of methoxy groups -OCH3 is 1. The molecule has 6 heteroatoms. The number of aryl methyl sites for hydroxylation is 2. The van der Waals surface area contributed by atoms with Crippen LogP contribution in [0.25, 0.3) is 10.2 Å². The minimum Gasteiger partial charge on any atom is -0.497 e. The first-order valence-electron chi connectivity index (χ1n) is 9.61. The van der Waals surface area contributed by atoms with E-state index in [0.29, 0.717) is 0 Å². The van der Waals surface area contributed by atoms with Gasteiger partial charge in [0.15, 0.2) is 5.13 Å². The van der Waals surface area contributed by atoms with Gasteiger partial charge in [-0.05, 0) is 56.5 Å². The van der Waals surface area contributed by atoms with Crippen LogP contribution in [0, 0.1) is 19.8 Å². The van der Waals surface area contributed by atoms with Gasteiger partial charge in [0.05, 0.1) is 17.3 Å². The summed E-state index contributed by atoms with van der Waals surface area (Å²) in [6, 6.07) is 12.1. The standard InChI is InChI=1S/C22H25N3O2S/c1-14-4-6-18(15(2)12-14)23-21(26)16-8-10-25(11-9-16)22-24-19-7-5-17(27-3)13-20(19)28-22/h4-7,12-13,16H,8-11H2,1-3H3,(H,23,26). The topological polar surface area (TPSA) is 54.5 Å². The van der Waals surface area contributed by atoms with Gasteiger partial charge in [-0.2, -0.15) is 0 Å². The number of fused-ring (bicyclic) bond motifs is 1. The molecule has 28 heavy (non-hydrogen) atoms. The number of carbonyl (C=O) groups is 1. The average Bonchev–Trinajstić information content (AvgIpc) is 3.13. The number of nitrogens with zero attached hydrogens (tertiary/aromatic N) is 2. The molecule has 0 spiro atoms. The number of carbonyl (C=O) groups excluding carboxylic acids is 1. The maximum absolute atomic E-state index is 12.7. The van der Waals surface area contributed by atoms with Gasteiger partial charge in [-0.3, -0.25) is 4.79 Å². The van der Waals surface area contributed by atoms with Gasteiger partial charge in [0, 0.05) is 24.7 Å². The summed E-state index contributed by atoms with van der Waals surface area (Å²) in [7, 11) is 1.68. The van der Waals surface area contributed by atoms with Crippen LogP contribution in [0.15, 0.2) is 36.4 Å². The molecule has 146 valence electrons. The highest BCUT2D eigenvalue weighted by molar-refractivity contribution is 7.22. The Morgan fingerprint density at radius 3 is 2.68 bits per heavy atom. The summed E-state index contributed by atoms with van der Waals surface area (Å²) in [5.41, 5.74) is 4.22. The molecule has 4 rings (SSSR count). The highest BCUT2D eigenvalue weighted by atomic mass is 32.1. The molecule has 5 nitrogen and oxygen atoms in total. The summed E-state index contributed by atoms with van der Waals surface area (Å²) >= 11 is 1.68. The number of benzene rings is 2. The fraction of sp³-hybridized carbons (Fsp3) is 0.364. The van der Waals surface area contributed by atoms with E-state index >= 15 is 0 Å². The zero-order valence-corrected chi connectivity index (χ0v) is 17.3. The van der Waals surface area contributed by atoms with Crippen molar-refractivity contribution in [2.45, 2.75) is 26.7 Å². The number of hydrogen-bond donors (Lipinski definition) is 1. The maximum atomic E-state index is 12.7. The second-order valence-electron chi connectivity index (χ2n) is 7.40. The second kappa shape index (κ2) is 7.80. The van der Waals surface area contributed by atoms with E-state index in [1.54, 1.807) is 18.4 Å². The van der Waals surface area contributed by atoms with Crippen molar-refractivity contribution in [2.75, 3.05) is 30.4 Å².